The van der Waals surface area contributed by atoms with Gasteiger partial charge in [-0.15, -0.1) is 11.3 Å². The van der Waals surface area contributed by atoms with E-state index in [4.69, 9.17) is 0 Å². The number of hydrogen-bond donors (Lipinski definition) is 1. The topological polar surface area (TPSA) is 51.1 Å². The quantitative estimate of drug-likeness (QED) is 0.863. The van der Waals surface area contributed by atoms with Crippen molar-refractivity contribution in [2.24, 2.45) is 5.92 Å². The van der Waals surface area contributed by atoms with Crippen LogP contribution in [0, 0.1) is 12.8 Å². The molecule has 0 unspecified atom stereocenters. The molecule has 0 aliphatic heterocycles. The van der Waals surface area contributed by atoms with Gasteiger partial charge in [-0.2, -0.15) is 0 Å². The molecule has 2 aromatic rings. The van der Waals surface area contributed by atoms with Crippen molar-refractivity contribution in [3.63, 3.8) is 0 Å². The zero-order valence-electron chi connectivity index (χ0n) is 13.3. The number of nitrogens with zero attached hydrogens (tertiary/aromatic N) is 1. The Balaban J connectivity index is 1.63. The highest BCUT2D eigenvalue weighted by Gasteiger charge is 2.28. The summed E-state index contributed by atoms with van der Waals surface area (Å²) in [5.74, 6) is 0.580. The molecule has 2 heterocycles. The lowest BCUT2D eigenvalue weighted by Gasteiger charge is -2.24. The normalized spacial score (nSPS) is 16.6. The zero-order chi connectivity index (χ0) is 16.2. The monoisotopic (exact) mass is 350 g/mol. The lowest BCUT2D eigenvalue weighted by atomic mass is 9.96. The Labute approximate surface area is 144 Å². The second-order valence-corrected chi connectivity index (χ2v) is 7.95. The van der Waals surface area contributed by atoms with Crippen LogP contribution < -0.4 is 10.2 Å². The molecular formula is C17H22N2O2S2. The van der Waals surface area contributed by atoms with Gasteiger partial charge in [0.2, 0.25) is 5.91 Å². The smallest absolute Gasteiger partial charge is 0.307 e. The third kappa shape index (κ3) is 3.93. The maximum Gasteiger partial charge on any atom is 0.307 e. The van der Waals surface area contributed by atoms with Gasteiger partial charge in [-0.3, -0.25) is 9.59 Å². The van der Waals surface area contributed by atoms with Gasteiger partial charge in [-0.05, 0) is 37.1 Å². The van der Waals surface area contributed by atoms with Gasteiger partial charge in [0.15, 0.2) is 0 Å². The molecule has 0 bridgehead atoms. The van der Waals surface area contributed by atoms with E-state index in [-0.39, 0.29) is 16.8 Å². The molecule has 1 amide bonds. The van der Waals surface area contributed by atoms with E-state index in [0.29, 0.717) is 18.9 Å². The molecule has 0 saturated heterocycles. The number of thiophene rings is 1. The van der Waals surface area contributed by atoms with Gasteiger partial charge in [0, 0.05) is 28.9 Å². The Morgan fingerprint density at radius 2 is 2.17 bits per heavy atom. The molecule has 4 nitrogen and oxygen atoms in total. The number of carbonyl (C=O) groups excluding carboxylic acids is 1. The molecule has 1 N–H and O–H groups in total. The number of nitrogens with one attached hydrogen (secondary N) is 1. The largest absolute Gasteiger partial charge is 0.348 e. The maximum absolute atomic E-state index is 12.4. The number of aromatic nitrogens is 1. The Kier molecular flexibility index (Phi) is 5.33. The first-order valence-electron chi connectivity index (χ1n) is 8.13. The fraction of sp³-hybridized carbons (Fsp3) is 0.529. The first kappa shape index (κ1) is 16.5. The Hall–Kier alpha value is -1.40. The van der Waals surface area contributed by atoms with Crippen molar-refractivity contribution in [1.82, 2.24) is 9.88 Å². The average molecular weight is 351 g/mol. The third-order valence-corrected chi connectivity index (χ3v) is 6.41. The minimum absolute atomic E-state index is 0.0147. The van der Waals surface area contributed by atoms with Crippen LogP contribution in [-0.2, 0) is 11.3 Å². The van der Waals surface area contributed by atoms with Crippen molar-refractivity contribution in [3.8, 4) is 0 Å². The molecule has 1 fully saturated rings. The van der Waals surface area contributed by atoms with Crippen LogP contribution in [-0.4, -0.2) is 10.5 Å². The summed E-state index contributed by atoms with van der Waals surface area (Å²) in [6, 6.07) is 4.29. The molecule has 0 aromatic carbocycles. The number of carbonyl (C=O) groups is 1. The number of amides is 1. The van der Waals surface area contributed by atoms with Crippen molar-refractivity contribution in [2.75, 3.05) is 0 Å². The van der Waals surface area contributed by atoms with Crippen LogP contribution in [0.15, 0.2) is 27.7 Å². The van der Waals surface area contributed by atoms with Gasteiger partial charge in [-0.1, -0.05) is 30.2 Å². The van der Waals surface area contributed by atoms with E-state index >= 15 is 0 Å². The summed E-state index contributed by atoms with van der Waals surface area (Å²) in [6.45, 7) is 2.37. The fourth-order valence-corrected chi connectivity index (χ4v) is 4.94. The second-order valence-electron chi connectivity index (χ2n) is 6.15. The standard InChI is InChI=1S/C17H22N2O2S2/c1-12-11-23-17(21)19(12)9-8-15(20)18-16(13-5-2-3-6-13)14-7-4-10-22-14/h4,7,10-11,13,16H,2-3,5-6,8-9H2,1H3,(H,18,20)/t16-/m0/s1. The van der Waals surface area contributed by atoms with Gasteiger partial charge >= 0.3 is 4.87 Å². The Morgan fingerprint density at radius 3 is 2.78 bits per heavy atom. The van der Waals surface area contributed by atoms with Crippen LogP contribution in [0.25, 0.3) is 0 Å². The second kappa shape index (κ2) is 7.45. The van der Waals surface area contributed by atoms with E-state index in [9.17, 15) is 9.59 Å². The summed E-state index contributed by atoms with van der Waals surface area (Å²) in [7, 11) is 0. The molecular weight excluding hydrogens is 328 g/mol. The summed E-state index contributed by atoms with van der Waals surface area (Å²) in [6.07, 6.45) is 5.24. The maximum atomic E-state index is 12.4. The van der Waals surface area contributed by atoms with E-state index in [2.05, 4.69) is 16.8 Å². The molecule has 1 saturated carbocycles. The average Bonchev–Trinajstić information content (AvgIpc) is 3.27. The minimum atomic E-state index is 0.0147. The van der Waals surface area contributed by atoms with Crippen LogP contribution in [0.5, 0.6) is 0 Å². The highest BCUT2D eigenvalue weighted by Crippen LogP contribution is 2.37. The van der Waals surface area contributed by atoms with Crippen LogP contribution in [0.2, 0.25) is 0 Å². The number of aryl methyl sites for hydroxylation is 1. The van der Waals surface area contributed by atoms with E-state index in [1.54, 1.807) is 15.9 Å². The van der Waals surface area contributed by atoms with E-state index in [1.807, 2.05) is 18.4 Å². The SMILES string of the molecule is Cc1csc(=O)n1CCC(=O)N[C@H](c1cccs1)C1CCCC1. The van der Waals surface area contributed by atoms with Crippen molar-refractivity contribution in [3.05, 3.63) is 43.1 Å². The zero-order valence-corrected chi connectivity index (χ0v) is 14.9. The first-order valence-corrected chi connectivity index (χ1v) is 9.89. The van der Waals surface area contributed by atoms with Crippen molar-refractivity contribution >= 4 is 28.6 Å². The van der Waals surface area contributed by atoms with Crippen LogP contribution >= 0.6 is 22.7 Å². The summed E-state index contributed by atoms with van der Waals surface area (Å²) in [5.41, 5.74) is 0.929. The van der Waals surface area contributed by atoms with E-state index in [1.165, 1.54) is 41.9 Å². The molecule has 23 heavy (non-hydrogen) atoms. The Morgan fingerprint density at radius 1 is 1.39 bits per heavy atom. The molecule has 0 radical (unpaired) electrons. The minimum Gasteiger partial charge on any atom is -0.348 e. The molecule has 1 aliphatic carbocycles. The van der Waals surface area contributed by atoms with Gasteiger partial charge in [-0.25, -0.2) is 0 Å². The molecule has 2 aromatic heterocycles. The number of hydrogen-bond acceptors (Lipinski definition) is 4. The fourth-order valence-electron chi connectivity index (χ4n) is 3.31. The van der Waals surface area contributed by atoms with Crippen molar-refractivity contribution in [2.45, 2.75) is 51.6 Å². The summed E-state index contributed by atoms with van der Waals surface area (Å²) in [5, 5.41) is 7.13. The van der Waals surface area contributed by atoms with Gasteiger partial charge in [0.25, 0.3) is 0 Å². The lowest BCUT2D eigenvalue weighted by Crippen LogP contribution is -2.33. The Bertz CT molecular complexity index is 697. The summed E-state index contributed by atoms with van der Waals surface area (Å²) < 4.78 is 1.68. The number of rotatable bonds is 6. The predicted octanol–water partition coefficient (Wildman–Crippen LogP) is 3.72. The number of thiazole rings is 1. The van der Waals surface area contributed by atoms with Gasteiger partial charge in [0.1, 0.15) is 0 Å². The van der Waals surface area contributed by atoms with Crippen LogP contribution in [0.4, 0.5) is 0 Å². The van der Waals surface area contributed by atoms with Crippen LogP contribution in [0.1, 0.15) is 48.7 Å². The molecule has 124 valence electrons. The highest BCUT2D eigenvalue weighted by molar-refractivity contribution is 7.10. The molecule has 1 aliphatic rings. The van der Waals surface area contributed by atoms with Crippen molar-refractivity contribution in [1.29, 1.82) is 0 Å². The summed E-state index contributed by atoms with van der Waals surface area (Å²) >= 11 is 2.90. The highest BCUT2D eigenvalue weighted by atomic mass is 32.1. The van der Waals surface area contributed by atoms with E-state index < -0.39 is 0 Å². The first-order chi connectivity index (χ1) is 11.1. The van der Waals surface area contributed by atoms with Gasteiger partial charge in [0.05, 0.1) is 6.04 Å². The van der Waals surface area contributed by atoms with Crippen molar-refractivity contribution < 1.29 is 4.79 Å². The molecule has 0 spiro atoms. The van der Waals surface area contributed by atoms with Gasteiger partial charge < -0.3 is 9.88 Å². The summed E-state index contributed by atoms with van der Waals surface area (Å²) in [4.78, 5) is 25.4. The molecule has 6 heteroatoms. The predicted molar refractivity (Wildman–Crippen MR) is 95.1 cm³/mol. The third-order valence-electron chi connectivity index (χ3n) is 4.58. The molecule has 3 rings (SSSR count). The molecule has 1 atom stereocenters. The van der Waals surface area contributed by atoms with Crippen LogP contribution in [0.3, 0.4) is 0 Å². The van der Waals surface area contributed by atoms with E-state index in [0.717, 1.165) is 5.69 Å². The lowest BCUT2D eigenvalue weighted by molar-refractivity contribution is -0.122.